The lowest BCUT2D eigenvalue weighted by Crippen LogP contribution is -1.70. The molecule has 62 valence electrons. The van der Waals surface area contributed by atoms with Crippen LogP contribution >= 0.6 is 27.5 Å². The molecule has 0 saturated carbocycles. The van der Waals surface area contributed by atoms with Crippen LogP contribution in [0.15, 0.2) is 22.8 Å². The first-order valence-electron chi connectivity index (χ1n) is 3.33. The Morgan fingerprint density at radius 1 is 1.42 bits per heavy atom. The second-order valence-corrected chi connectivity index (χ2v) is 3.75. The van der Waals surface area contributed by atoms with Crippen molar-refractivity contribution in [1.29, 1.82) is 0 Å². The maximum Gasteiger partial charge on any atom is 0.140 e. The van der Waals surface area contributed by atoms with Crippen LogP contribution in [0.1, 0.15) is 0 Å². The van der Waals surface area contributed by atoms with E-state index < -0.39 is 0 Å². The van der Waals surface area contributed by atoms with Gasteiger partial charge in [-0.05, 0) is 28.1 Å². The zero-order chi connectivity index (χ0) is 8.72. The third-order valence-electron chi connectivity index (χ3n) is 1.70. The molecule has 2 aromatic rings. The Balaban J connectivity index is 2.87. The summed E-state index contributed by atoms with van der Waals surface area (Å²) in [6.45, 7) is 0. The van der Waals surface area contributed by atoms with E-state index in [1.165, 1.54) is 6.20 Å². The third-order valence-corrected chi connectivity index (χ3v) is 2.90. The lowest BCUT2D eigenvalue weighted by molar-refractivity contribution is 0.481. The fourth-order valence-electron chi connectivity index (χ4n) is 1.10. The van der Waals surface area contributed by atoms with E-state index in [2.05, 4.69) is 20.9 Å². The van der Waals surface area contributed by atoms with Gasteiger partial charge in [-0.2, -0.15) is 0 Å². The minimum atomic E-state index is 0.238. The van der Waals surface area contributed by atoms with Crippen molar-refractivity contribution < 1.29 is 5.11 Å². The highest BCUT2D eigenvalue weighted by Crippen LogP contribution is 2.32. The van der Waals surface area contributed by atoms with Crippen molar-refractivity contribution in [2.75, 3.05) is 0 Å². The van der Waals surface area contributed by atoms with Gasteiger partial charge >= 0.3 is 0 Å². The molecule has 0 aliphatic heterocycles. The van der Waals surface area contributed by atoms with Gasteiger partial charge in [0, 0.05) is 16.1 Å². The maximum atomic E-state index is 9.33. The van der Waals surface area contributed by atoms with Crippen LogP contribution in [-0.2, 0) is 0 Å². The number of benzene rings is 1. The second-order valence-electron chi connectivity index (χ2n) is 2.49. The Bertz CT molecular complexity index is 438. The molecular formula is C8H5BrClNO. The SMILES string of the molecule is Oc1c[nH]c2cc(Cl)c(Br)cc12. The average Bonchev–Trinajstić information content (AvgIpc) is 2.35. The number of fused-ring (bicyclic) bond motifs is 1. The van der Waals surface area contributed by atoms with Crippen molar-refractivity contribution >= 4 is 38.4 Å². The van der Waals surface area contributed by atoms with E-state index >= 15 is 0 Å². The van der Waals surface area contributed by atoms with Crippen molar-refractivity contribution in [2.45, 2.75) is 0 Å². The van der Waals surface area contributed by atoms with Gasteiger partial charge in [-0.1, -0.05) is 11.6 Å². The zero-order valence-corrected chi connectivity index (χ0v) is 8.28. The molecule has 1 aromatic carbocycles. The lowest BCUT2D eigenvalue weighted by atomic mass is 10.2. The molecule has 0 bridgehead atoms. The highest BCUT2D eigenvalue weighted by atomic mass is 79.9. The minimum absolute atomic E-state index is 0.238. The molecular weight excluding hydrogens is 241 g/mol. The summed E-state index contributed by atoms with van der Waals surface area (Å²) in [5.74, 6) is 0.238. The Labute approximate surface area is 82.3 Å². The van der Waals surface area contributed by atoms with Crippen molar-refractivity contribution in [3.05, 3.63) is 27.8 Å². The summed E-state index contributed by atoms with van der Waals surface area (Å²) in [7, 11) is 0. The summed E-state index contributed by atoms with van der Waals surface area (Å²) in [5, 5.41) is 10.7. The molecule has 0 unspecified atom stereocenters. The molecule has 0 atom stereocenters. The Morgan fingerprint density at radius 3 is 2.92 bits per heavy atom. The molecule has 0 spiro atoms. The molecule has 1 aromatic heterocycles. The molecule has 0 radical (unpaired) electrons. The van der Waals surface area contributed by atoms with E-state index in [1.54, 1.807) is 12.1 Å². The van der Waals surface area contributed by atoms with Gasteiger partial charge in [0.05, 0.1) is 10.5 Å². The van der Waals surface area contributed by atoms with Gasteiger partial charge in [-0.15, -0.1) is 0 Å². The van der Waals surface area contributed by atoms with Crippen molar-refractivity contribution in [3.63, 3.8) is 0 Å². The first-order valence-corrected chi connectivity index (χ1v) is 4.50. The summed E-state index contributed by atoms with van der Waals surface area (Å²) in [6.07, 6.45) is 1.54. The van der Waals surface area contributed by atoms with Crippen molar-refractivity contribution in [2.24, 2.45) is 0 Å². The fraction of sp³-hybridized carbons (Fsp3) is 0. The van der Waals surface area contributed by atoms with E-state index in [4.69, 9.17) is 11.6 Å². The third kappa shape index (κ3) is 1.09. The molecule has 0 aliphatic carbocycles. The van der Waals surface area contributed by atoms with Gasteiger partial charge in [0.25, 0.3) is 0 Å². The van der Waals surface area contributed by atoms with Crippen molar-refractivity contribution in [1.82, 2.24) is 4.98 Å². The number of aromatic hydroxyl groups is 1. The van der Waals surface area contributed by atoms with Crippen LogP contribution in [0.25, 0.3) is 10.9 Å². The topological polar surface area (TPSA) is 36.0 Å². The van der Waals surface area contributed by atoms with Crippen molar-refractivity contribution in [3.8, 4) is 5.75 Å². The quantitative estimate of drug-likeness (QED) is 0.735. The highest BCUT2D eigenvalue weighted by molar-refractivity contribution is 9.10. The molecule has 12 heavy (non-hydrogen) atoms. The molecule has 0 aliphatic rings. The maximum absolute atomic E-state index is 9.33. The molecule has 2 nitrogen and oxygen atoms in total. The van der Waals surface area contributed by atoms with Crippen LogP contribution in [0.3, 0.4) is 0 Å². The van der Waals surface area contributed by atoms with Gasteiger partial charge in [-0.3, -0.25) is 0 Å². The van der Waals surface area contributed by atoms with Crippen LogP contribution < -0.4 is 0 Å². The molecule has 0 amide bonds. The van der Waals surface area contributed by atoms with Gasteiger partial charge in [0.15, 0.2) is 0 Å². The highest BCUT2D eigenvalue weighted by Gasteiger charge is 2.04. The van der Waals surface area contributed by atoms with Gasteiger partial charge < -0.3 is 10.1 Å². The van der Waals surface area contributed by atoms with Crippen LogP contribution in [0.2, 0.25) is 5.02 Å². The smallest absolute Gasteiger partial charge is 0.140 e. The Hall–Kier alpha value is -0.670. The molecule has 0 fully saturated rings. The minimum Gasteiger partial charge on any atom is -0.506 e. The fourth-order valence-corrected chi connectivity index (χ4v) is 1.61. The van der Waals surface area contributed by atoms with E-state index in [0.29, 0.717) is 5.02 Å². The lowest BCUT2D eigenvalue weighted by Gasteiger charge is -1.95. The number of aromatic nitrogens is 1. The molecule has 2 rings (SSSR count). The van der Waals surface area contributed by atoms with E-state index in [9.17, 15) is 5.11 Å². The number of hydrogen-bond donors (Lipinski definition) is 2. The summed E-state index contributed by atoms with van der Waals surface area (Å²) < 4.78 is 0.784. The Kier molecular flexibility index (Phi) is 1.77. The number of aromatic amines is 1. The number of nitrogens with one attached hydrogen (secondary N) is 1. The molecule has 1 heterocycles. The second kappa shape index (κ2) is 2.68. The van der Waals surface area contributed by atoms with Crippen LogP contribution in [0.4, 0.5) is 0 Å². The van der Waals surface area contributed by atoms with Gasteiger partial charge in [0.1, 0.15) is 5.75 Å². The summed E-state index contributed by atoms with van der Waals surface area (Å²) in [6, 6.07) is 3.55. The number of rotatable bonds is 0. The number of H-pyrrole nitrogens is 1. The number of halogens is 2. The van der Waals surface area contributed by atoms with Gasteiger partial charge in [0.2, 0.25) is 0 Å². The predicted octanol–water partition coefficient (Wildman–Crippen LogP) is 3.29. The molecule has 0 saturated heterocycles. The zero-order valence-electron chi connectivity index (χ0n) is 5.94. The summed E-state index contributed by atoms with van der Waals surface area (Å²) in [5.41, 5.74) is 0.834. The van der Waals surface area contributed by atoms with E-state index in [0.717, 1.165) is 15.4 Å². The molecule has 2 N–H and O–H groups in total. The first kappa shape index (κ1) is 7.95. The van der Waals surface area contributed by atoms with Gasteiger partial charge in [-0.25, -0.2) is 0 Å². The monoisotopic (exact) mass is 245 g/mol. The van der Waals surface area contributed by atoms with E-state index in [1.807, 2.05) is 0 Å². The van der Waals surface area contributed by atoms with Crippen LogP contribution in [-0.4, -0.2) is 10.1 Å². The average molecular weight is 246 g/mol. The standard InChI is InChI=1S/C8H5BrClNO/c9-5-1-4-7(2-6(5)10)11-3-8(4)12/h1-3,11-12H. The van der Waals surface area contributed by atoms with E-state index in [-0.39, 0.29) is 5.75 Å². The largest absolute Gasteiger partial charge is 0.506 e. The normalized spacial score (nSPS) is 10.8. The summed E-state index contributed by atoms with van der Waals surface area (Å²) in [4.78, 5) is 2.90. The number of hydrogen-bond acceptors (Lipinski definition) is 1. The van der Waals surface area contributed by atoms with Crippen LogP contribution in [0, 0.1) is 0 Å². The van der Waals surface area contributed by atoms with Crippen LogP contribution in [0.5, 0.6) is 5.75 Å². The first-order chi connectivity index (χ1) is 5.68. The Morgan fingerprint density at radius 2 is 2.17 bits per heavy atom. The molecule has 4 heteroatoms. The summed E-state index contributed by atoms with van der Waals surface area (Å²) >= 11 is 9.13. The predicted molar refractivity (Wildman–Crippen MR) is 52.7 cm³/mol.